The van der Waals surface area contributed by atoms with Gasteiger partial charge >= 0.3 is 0 Å². The van der Waals surface area contributed by atoms with Crippen LogP contribution in [0.1, 0.15) is 11.3 Å². The topological polar surface area (TPSA) is 25.8 Å². The fourth-order valence-electron chi connectivity index (χ4n) is 1.23. The highest BCUT2D eigenvalue weighted by molar-refractivity contribution is 6.29. The maximum Gasteiger partial charge on any atom is 0.133 e. The second-order valence-electron chi connectivity index (χ2n) is 3.15. The molecule has 0 aliphatic heterocycles. The Morgan fingerprint density at radius 2 is 2.00 bits per heavy atom. The van der Waals surface area contributed by atoms with Gasteiger partial charge in [0.2, 0.25) is 0 Å². The van der Waals surface area contributed by atoms with Gasteiger partial charge in [-0.15, -0.1) is 0 Å². The first-order valence-corrected chi connectivity index (χ1v) is 5.03. The van der Waals surface area contributed by atoms with Gasteiger partial charge in [-0.05, 0) is 23.8 Å². The second kappa shape index (κ2) is 4.86. The Bertz CT molecular complexity index is 478. The Labute approximate surface area is 97.4 Å². The number of rotatable bonds is 2. The van der Waals surface area contributed by atoms with Gasteiger partial charge in [-0.25, -0.2) is 14.4 Å². The summed E-state index contributed by atoms with van der Waals surface area (Å²) in [6.07, 6.45) is 4.90. The van der Waals surface area contributed by atoms with Crippen LogP contribution in [0.25, 0.3) is 12.2 Å². The molecule has 0 N–H and O–H groups in total. The van der Waals surface area contributed by atoms with E-state index in [0.29, 0.717) is 10.8 Å². The summed E-state index contributed by atoms with van der Waals surface area (Å²) in [5.74, 6) is -0.261. The number of hydrogen-bond acceptors (Lipinski definition) is 2. The van der Waals surface area contributed by atoms with E-state index in [-0.39, 0.29) is 5.82 Å². The van der Waals surface area contributed by atoms with Crippen LogP contribution in [0.5, 0.6) is 0 Å². The summed E-state index contributed by atoms with van der Waals surface area (Å²) in [5.41, 5.74) is 1.46. The summed E-state index contributed by atoms with van der Waals surface area (Å²) < 4.78 is 12.9. The molecular weight excluding hydrogens is 227 g/mol. The van der Waals surface area contributed by atoms with Crippen LogP contribution in [-0.4, -0.2) is 9.97 Å². The van der Waals surface area contributed by atoms with Gasteiger partial charge in [0, 0.05) is 6.07 Å². The van der Waals surface area contributed by atoms with E-state index in [1.807, 2.05) is 6.07 Å². The maximum atomic E-state index is 12.9. The normalized spacial score (nSPS) is 10.9. The molecule has 1 aromatic heterocycles. The van der Waals surface area contributed by atoms with Crippen molar-refractivity contribution in [2.75, 3.05) is 0 Å². The zero-order chi connectivity index (χ0) is 11.4. The molecule has 0 spiro atoms. The number of nitrogens with zero attached hydrogens (tertiary/aromatic N) is 2. The monoisotopic (exact) mass is 234 g/mol. The second-order valence-corrected chi connectivity index (χ2v) is 3.54. The molecule has 1 heterocycles. The van der Waals surface area contributed by atoms with Gasteiger partial charge in [0.25, 0.3) is 0 Å². The Hall–Kier alpha value is -1.74. The van der Waals surface area contributed by atoms with Crippen molar-refractivity contribution < 1.29 is 4.39 Å². The molecular formula is C12H8ClFN2. The lowest BCUT2D eigenvalue weighted by Crippen LogP contribution is -1.82. The summed E-state index contributed by atoms with van der Waals surface area (Å²) in [6, 6.07) is 7.94. The van der Waals surface area contributed by atoms with Crippen molar-refractivity contribution in [3.8, 4) is 0 Å². The largest absolute Gasteiger partial charge is 0.237 e. The highest BCUT2D eigenvalue weighted by atomic mass is 35.5. The summed E-state index contributed by atoms with van der Waals surface area (Å²) in [5, 5.41) is 0.383. The van der Waals surface area contributed by atoms with Crippen LogP contribution in [0.2, 0.25) is 5.15 Å². The van der Waals surface area contributed by atoms with Gasteiger partial charge < -0.3 is 0 Å². The van der Waals surface area contributed by atoms with E-state index in [2.05, 4.69) is 9.97 Å². The fraction of sp³-hybridized carbons (Fsp3) is 0. The van der Waals surface area contributed by atoms with Crippen molar-refractivity contribution in [1.82, 2.24) is 9.97 Å². The first kappa shape index (κ1) is 10.8. The van der Waals surface area contributed by atoms with Crippen LogP contribution in [0.15, 0.2) is 36.7 Å². The Morgan fingerprint density at radius 3 is 2.75 bits per heavy atom. The van der Waals surface area contributed by atoms with Crippen LogP contribution in [0.4, 0.5) is 4.39 Å². The van der Waals surface area contributed by atoms with Crippen LogP contribution in [-0.2, 0) is 0 Å². The minimum atomic E-state index is -0.261. The quantitative estimate of drug-likeness (QED) is 0.744. The first-order valence-electron chi connectivity index (χ1n) is 4.65. The van der Waals surface area contributed by atoms with E-state index in [1.165, 1.54) is 18.5 Å². The molecule has 4 heteroatoms. The lowest BCUT2D eigenvalue weighted by atomic mass is 10.2. The predicted octanol–water partition coefficient (Wildman–Crippen LogP) is 3.44. The van der Waals surface area contributed by atoms with Crippen LogP contribution in [0, 0.1) is 5.82 Å². The zero-order valence-corrected chi connectivity index (χ0v) is 9.03. The number of benzene rings is 1. The summed E-state index contributed by atoms with van der Waals surface area (Å²) in [7, 11) is 0. The standard InChI is InChI=1S/C12H8ClFN2/c13-12-7-11(15-8-16-12)5-4-9-2-1-3-10(14)6-9/h1-8H. The lowest BCUT2D eigenvalue weighted by molar-refractivity contribution is 0.627. The molecule has 16 heavy (non-hydrogen) atoms. The first-order chi connectivity index (χ1) is 7.74. The Kier molecular flexibility index (Phi) is 3.27. The molecule has 80 valence electrons. The van der Waals surface area contributed by atoms with E-state index in [0.717, 1.165) is 5.56 Å². The average molecular weight is 235 g/mol. The third kappa shape index (κ3) is 2.87. The third-order valence-corrected chi connectivity index (χ3v) is 2.16. The lowest BCUT2D eigenvalue weighted by Gasteiger charge is -1.94. The van der Waals surface area contributed by atoms with E-state index in [1.54, 1.807) is 24.3 Å². The Morgan fingerprint density at radius 1 is 1.12 bits per heavy atom. The molecule has 0 radical (unpaired) electrons. The molecule has 2 rings (SSSR count). The van der Waals surface area contributed by atoms with Gasteiger partial charge in [0.05, 0.1) is 5.69 Å². The number of aromatic nitrogens is 2. The molecule has 2 aromatic rings. The predicted molar refractivity (Wildman–Crippen MR) is 62.4 cm³/mol. The van der Waals surface area contributed by atoms with Gasteiger partial charge in [0.1, 0.15) is 17.3 Å². The SMILES string of the molecule is Fc1cccc(C=Cc2cc(Cl)ncn2)c1. The van der Waals surface area contributed by atoms with E-state index >= 15 is 0 Å². The van der Waals surface area contributed by atoms with Crippen molar-refractivity contribution >= 4 is 23.8 Å². The minimum absolute atomic E-state index is 0.261. The molecule has 0 saturated heterocycles. The molecule has 0 atom stereocenters. The van der Waals surface area contributed by atoms with Crippen molar-refractivity contribution in [1.29, 1.82) is 0 Å². The number of hydrogen-bond donors (Lipinski definition) is 0. The molecule has 2 nitrogen and oxygen atoms in total. The van der Waals surface area contributed by atoms with Gasteiger partial charge in [-0.1, -0.05) is 29.8 Å². The van der Waals surface area contributed by atoms with Gasteiger partial charge in [-0.2, -0.15) is 0 Å². The fourth-order valence-corrected chi connectivity index (χ4v) is 1.39. The molecule has 0 fully saturated rings. The van der Waals surface area contributed by atoms with Crippen molar-refractivity contribution in [3.05, 3.63) is 58.9 Å². The van der Waals surface area contributed by atoms with Crippen LogP contribution < -0.4 is 0 Å². The maximum absolute atomic E-state index is 12.9. The highest BCUT2D eigenvalue weighted by Gasteiger charge is 1.93. The summed E-state index contributed by atoms with van der Waals surface area (Å²) in [4.78, 5) is 7.77. The van der Waals surface area contributed by atoms with Crippen LogP contribution in [0.3, 0.4) is 0 Å². The van der Waals surface area contributed by atoms with Crippen LogP contribution >= 0.6 is 11.6 Å². The number of halogens is 2. The smallest absolute Gasteiger partial charge is 0.133 e. The van der Waals surface area contributed by atoms with Gasteiger partial charge in [0.15, 0.2) is 0 Å². The van der Waals surface area contributed by atoms with Crippen molar-refractivity contribution in [3.63, 3.8) is 0 Å². The molecule has 0 bridgehead atoms. The van der Waals surface area contributed by atoms with E-state index in [4.69, 9.17) is 11.6 Å². The van der Waals surface area contributed by atoms with E-state index < -0.39 is 0 Å². The molecule has 0 aliphatic carbocycles. The minimum Gasteiger partial charge on any atom is -0.237 e. The third-order valence-electron chi connectivity index (χ3n) is 1.95. The Balaban J connectivity index is 2.21. The average Bonchev–Trinajstić information content (AvgIpc) is 2.27. The molecule has 0 aliphatic rings. The van der Waals surface area contributed by atoms with Crippen molar-refractivity contribution in [2.24, 2.45) is 0 Å². The van der Waals surface area contributed by atoms with Crippen molar-refractivity contribution in [2.45, 2.75) is 0 Å². The zero-order valence-electron chi connectivity index (χ0n) is 8.27. The molecule has 0 saturated carbocycles. The summed E-state index contributed by atoms with van der Waals surface area (Å²) in [6.45, 7) is 0. The van der Waals surface area contributed by atoms with Gasteiger partial charge in [-0.3, -0.25) is 0 Å². The van der Waals surface area contributed by atoms with E-state index in [9.17, 15) is 4.39 Å². The molecule has 0 amide bonds. The summed E-state index contributed by atoms with van der Waals surface area (Å²) >= 11 is 5.71. The molecule has 0 unspecified atom stereocenters. The highest BCUT2D eigenvalue weighted by Crippen LogP contribution is 2.10. The molecule has 1 aromatic carbocycles.